The molecule has 0 aliphatic rings. The molecule has 0 aliphatic carbocycles. The zero-order valence-electron chi connectivity index (χ0n) is 9.88. The Morgan fingerprint density at radius 2 is 2.32 bits per heavy atom. The summed E-state index contributed by atoms with van der Waals surface area (Å²) in [7, 11) is 0. The van der Waals surface area contributed by atoms with Gasteiger partial charge in [0, 0.05) is 5.69 Å². The average molecular weight is 299 g/mol. The number of carboxylic acids is 1. The predicted octanol–water partition coefficient (Wildman–Crippen LogP) is 2.91. The van der Waals surface area contributed by atoms with E-state index in [-0.39, 0.29) is 11.6 Å². The van der Waals surface area contributed by atoms with Gasteiger partial charge in [0.1, 0.15) is 5.82 Å². The number of aliphatic carboxylic acids is 1. The fourth-order valence-electron chi connectivity index (χ4n) is 1.29. The highest BCUT2D eigenvalue weighted by atomic mass is 32.2. The van der Waals surface area contributed by atoms with Crippen LogP contribution in [-0.4, -0.2) is 27.0 Å². The van der Waals surface area contributed by atoms with Gasteiger partial charge >= 0.3 is 5.97 Å². The number of hydrogen-bond acceptors (Lipinski definition) is 6. The van der Waals surface area contributed by atoms with E-state index in [2.05, 4.69) is 15.5 Å². The highest BCUT2D eigenvalue weighted by Crippen LogP contribution is 2.28. The lowest BCUT2D eigenvalue weighted by atomic mass is 10.2. The molecule has 0 radical (unpaired) electrons. The second-order valence-electron chi connectivity index (χ2n) is 3.64. The number of hydrogen-bond donors (Lipinski definition) is 2. The molecule has 0 unspecified atom stereocenters. The molecule has 2 aromatic rings. The molecule has 100 valence electrons. The maximum Gasteiger partial charge on any atom is 0.313 e. The summed E-state index contributed by atoms with van der Waals surface area (Å²) in [5.74, 6) is -1.30. The van der Waals surface area contributed by atoms with E-state index >= 15 is 0 Å². The van der Waals surface area contributed by atoms with Crippen molar-refractivity contribution in [3.05, 3.63) is 29.6 Å². The normalized spacial score (nSPS) is 10.4. The van der Waals surface area contributed by atoms with E-state index in [1.807, 2.05) is 6.92 Å². The smallest absolute Gasteiger partial charge is 0.313 e. The quantitative estimate of drug-likeness (QED) is 0.827. The van der Waals surface area contributed by atoms with Crippen molar-refractivity contribution in [2.75, 3.05) is 11.1 Å². The van der Waals surface area contributed by atoms with Gasteiger partial charge in [0.15, 0.2) is 4.34 Å². The Bertz CT molecular complexity index is 603. The molecule has 19 heavy (non-hydrogen) atoms. The standard InChI is InChI=1S/C11H10FN3O2S2/c1-6-2-3-7(12)4-8(6)13-10-14-15-11(19-10)18-5-9(16)17/h2-4H,5H2,1H3,(H,13,14)(H,16,17). The van der Waals surface area contributed by atoms with Crippen molar-refractivity contribution in [3.8, 4) is 0 Å². The van der Waals surface area contributed by atoms with E-state index in [4.69, 9.17) is 5.11 Å². The molecule has 1 aromatic carbocycles. The van der Waals surface area contributed by atoms with Gasteiger partial charge in [-0.2, -0.15) is 0 Å². The molecule has 5 nitrogen and oxygen atoms in total. The molecule has 0 aliphatic heterocycles. The van der Waals surface area contributed by atoms with Crippen LogP contribution in [-0.2, 0) is 4.79 Å². The van der Waals surface area contributed by atoms with Gasteiger partial charge < -0.3 is 10.4 Å². The number of carboxylic acid groups (broad SMARTS) is 1. The number of carbonyl (C=O) groups is 1. The van der Waals surface area contributed by atoms with Crippen LogP contribution in [0.1, 0.15) is 5.56 Å². The monoisotopic (exact) mass is 299 g/mol. The molecular weight excluding hydrogens is 289 g/mol. The Morgan fingerprint density at radius 3 is 3.05 bits per heavy atom. The van der Waals surface area contributed by atoms with Crippen molar-refractivity contribution < 1.29 is 14.3 Å². The number of rotatable bonds is 5. The molecule has 0 bridgehead atoms. The van der Waals surface area contributed by atoms with E-state index in [9.17, 15) is 9.18 Å². The van der Waals surface area contributed by atoms with E-state index < -0.39 is 5.97 Å². The van der Waals surface area contributed by atoms with E-state index in [0.717, 1.165) is 17.3 Å². The van der Waals surface area contributed by atoms with Gasteiger partial charge in [-0.3, -0.25) is 4.79 Å². The molecule has 0 amide bonds. The summed E-state index contributed by atoms with van der Waals surface area (Å²) in [6.07, 6.45) is 0. The van der Waals surface area contributed by atoms with E-state index in [1.165, 1.54) is 23.5 Å². The number of halogens is 1. The first kappa shape index (κ1) is 13.8. The summed E-state index contributed by atoms with van der Waals surface area (Å²) in [4.78, 5) is 10.4. The van der Waals surface area contributed by atoms with Gasteiger partial charge in [0.05, 0.1) is 5.75 Å². The highest BCUT2D eigenvalue weighted by molar-refractivity contribution is 8.01. The number of aromatic nitrogens is 2. The maximum atomic E-state index is 13.1. The number of nitrogens with one attached hydrogen (secondary N) is 1. The second kappa shape index (κ2) is 5.98. The van der Waals surface area contributed by atoms with Crippen LogP contribution in [0.25, 0.3) is 0 Å². The van der Waals surface area contributed by atoms with Gasteiger partial charge in [-0.05, 0) is 24.6 Å². The first-order valence-electron chi connectivity index (χ1n) is 5.26. The van der Waals surface area contributed by atoms with Crippen molar-refractivity contribution in [1.82, 2.24) is 10.2 Å². The van der Waals surface area contributed by atoms with Crippen molar-refractivity contribution in [1.29, 1.82) is 0 Å². The van der Waals surface area contributed by atoms with Gasteiger partial charge in [0.25, 0.3) is 0 Å². The number of aryl methyl sites for hydroxylation is 1. The second-order valence-corrected chi connectivity index (χ2v) is 5.84. The summed E-state index contributed by atoms with van der Waals surface area (Å²) < 4.78 is 13.7. The topological polar surface area (TPSA) is 75.1 Å². The van der Waals surface area contributed by atoms with Crippen LogP contribution in [0.3, 0.4) is 0 Å². The van der Waals surface area contributed by atoms with Crippen molar-refractivity contribution in [2.45, 2.75) is 11.3 Å². The number of thioether (sulfide) groups is 1. The van der Waals surface area contributed by atoms with Crippen LogP contribution in [0.4, 0.5) is 15.2 Å². The van der Waals surface area contributed by atoms with Gasteiger partial charge in [0.2, 0.25) is 5.13 Å². The van der Waals surface area contributed by atoms with Gasteiger partial charge in [-0.1, -0.05) is 29.2 Å². The van der Waals surface area contributed by atoms with Gasteiger partial charge in [-0.15, -0.1) is 10.2 Å². The van der Waals surface area contributed by atoms with Gasteiger partial charge in [-0.25, -0.2) is 4.39 Å². The molecule has 2 N–H and O–H groups in total. The molecule has 0 saturated heterocycles. The van der Waals surface area contributed by atoms with Crippen LogP contribution in [0, 0.1) is 12.7 Å². The molecule has 1 heterocycles. The Morgan fingerprint density at radius 1 is 1.53 bits per heavy atom. The maximum absolute atomic E-state index is 13.1. The number of anilines is 2. The Kier molecular flexibility index (Phi) is 4.33. The van der Waals surface area contributed by atoms with Crippen molar-refractivity contribution in [2.24, 2.45) is 0 Å². The molecule has 0 atom stereocenters. The van der Waals surface area contributed by atoms with Crippen LogP contribution >= 0.6 is 23.1 Å². The third-order valence-electron chi connectivity index (χ3n) is 2.17. The lowest BCUT2D eigenvalue weighted by molar-refractivity contribution is -0.133. The Hall–Kier alpha value is -1.67. The first-order chi connectivity index (χ1) is 9.04. The molecular formula is C11H10FN3O2S2. The zero-order valence-corrected chi connectivity index (χ0v) is 11.5. The molecule has 1 aromatic heterocycles. The van der Waals surface area contributed by atoms with Crippen LogP contribution in [0.2, 0.25) is 0 Å². The molecule has 0 fully saturated rings. The fourth-order valence-corrected chi connectivity index (χ4v) is 2.77. The highest BCUT2D eigenvalue weighted by Gasteiger charge is 2.08. The molecule has 2 rings (SSSR count). The molecule has 0 spiro atoms. The zero-order chi connectivity index (χ0) is 13.8. The van der Waals surface area contributed by atoms with Crippen molar-refractivity contribution >= 4 is 39.9 Å². The summed E-state index contributed by atoms with van der Waals surface area (Å²) in [5, 5.41) is 19.8. The van der Waals surface area contributed by atoms with E-state index in [0.29, 0.717) is 15.2 Å². The molecule has 8 heteroatoms. The minimum Gasteiger partial charge on any atom is -0.481 e. The van der Waals surface area contributed by atoms with Crippen molar-refractivity contribution in [3.63, 3.8) is 0 Å². The van der Waals surface area contributed by atoms with Crippen LogP contribution in [0.5, 0.6) is 0 Å². The predicted molar refractivity (Wildman–Crippen MR) is 72.7 cm³/mol. The molecule has 0 saturated carbocycles. The SMILES string of the molecule is Cc1ccc(F)cc1Nc1nnc(SCC(=O)O)s1. The minimum absolute atomic E-state index is 0.0619. The number of benzene rings is 1. The lowest BCUT2D eigenvalue weighted by Gasteiger charge is -2.05. The first-order valence-corrected chi connectivity index (χ1v) is 7.06. The number of nitrogens with zero attached hydrogens (tertiary/aromatic N) is 2. The minimum atomic E-state index is -0.907. The summed E-state index contributed by atoms with van der Waals surface area (Å²) in [6, 6.07) is 4.42. The summed E-state index contributed by atoms with van der Waals surface area (Å²) in [6.45, 7) is 1.85. The Labute approximate surface area is 116 Å². The third kappa shape index (κ3) is 3.90. The Balaban J connectivity index is 2.07. The fraction of sp³-hybridized carbons (Fsp3) is 0.182. The average Bonchev–Trinajstić information content (AvgIpc) is 2.79. The summed E-state index contributed by atoms with van der Waals surface area (Å²) >= 11 is 2.33. The van der Waals surface area contributed by atoms with Crippen LogP contribution in [0.15, 0.2) is 22.5 Å². The van der Waals surface area contributed by atoms with E-state index in [1.54, 1.807) is 6.07 Å². The largest absolute Gasteiger partial charge is 0.481 e. The lowest BCUT2D eigenvalue weighted by Crippen LogP contribution is -1.96. The summed E-state index contributed by atoms with van der Waals surface area (Å²) in [5.41, 5.74) is 1.50. The third-order valence-corrected chi connectivity index (χ3v) is 4.12. The van der Waals surface area contributed by atoms with Crippen LogP contribution < -0.4 is 5.32 Å².